The second kappa shape index (κ2) is 7.32. The molecule has 2 atom stereocenters. The minimum atomic E-state index is 0.0229. The summed E-state index contributed by atoms with van der Waals surface area (Å²) in [4.78, 5) is 32.6. The van der Waals surface area contributed by atoms with E-state index < -0.39 is 0 Å². The molecule has 2 saturated heterocycles. The van der Waals surface area contributed by atoms with E-state index in [9.17, 15) is 4.79 Å². The van der Waals surface area contributed by atoms with Crippen molar-refractivity contribution in [2.45, 2.75) is 6.42 Å². The number of nitrogens with one attached hydrogen (secondary N) is 1. The van der Waals surface area contributed by atoms with Gasteiger partial charge in [-0.3, -0.25) is 14.9 Å². The molecule has 2 aliphatic rings. The highest BCUT2D eigenvalue weighted by Gasteiger charge is 2.54. The number of likely N-dealkylation sites (tertiary alicyclic amines) is 1. The van der Waals surface area contributed by atoms with Crippen LogP contribution >= 0.6 is 0 Å². The lowest BCUT2D eigenvalue weighted by Crippen LogP contribution is -2.43. The molecule has 0 aliphatic carbocycles. The zero-order valence-corrected chi connectivity index (χ0v) is 17.3. The maximum Gasteiger partial charge on any atom is 0.227 e. The van der Waals surface area contributed by atoms with Crippen LogP contribution in [0.4, 0.5) is 5.82 Å². The largest absolute Gasteiger partial charge is 0.355 e. The fourth-order valence-electron chi connectivity index (χ4n) is 5.18. The number of nitrogens with zero attached hydrogens (tertiary/aromatic N) is 7. The molecule has 2 aliphatic heterocycles. The summed E-state index contributed by atoms with van der Waals surface area (Å²) in [6.07, 6.45) is 7.30. The Morgan fingerprint density at radius 3 is 2.97 bits per heavy atom. The van der Waals surface area contributed by atoms with Gasteiger partial charge < -0.3 is 14.7 Å². The summed E-state index contributed by atoms with van der Waals surface area (Å²) in [5.74, 6) is 1.51. The number of aromatic amines is 1. The van der Waals surface area contributed by atoms with Crippen molar-refractivity contribution in [1.29, 1.82) is 0 Å². The highest BCUT2D eigenvalue weighted by Crippen LogP contribution is 2.45. The number of fused-ring (bicyclic) bond motifs is 2. The molecule has 5 heterocycles. The number of hydrogen-bond acceptors (Lipinski definition) is 7. The fraction of sp³-hybridized carbons (Fsp3) is 0.476. The predicted molar refractivity (Wildman–Crippen MR) is 113 cm³/mol. The van der Waals surface area contributed by atoms with Gasteiger partial charge in [-0.25, -0.2) is 9.97 Å². The van der Waals surface area contributed by atoms with Gasteiger partial charge in [-0.05, 0) is 25.7 Å². The molecule has 0 bridgehead atoms. The van der Waals surface area contributed by atoms with Crippen molar-refractivity contribution in [3.05, 3.63) is 42.6 Å². The van der Waals surface area contributed by atoms with Gasteiger partial charge in [0.15, 0.2) is 5.65 Å². The first-order valence-electron chi connectivity index (χ1n) is 10.2. The summed E-state index contributed by atoms with van der Waals surface area (Å²) >= 11 is 0. The highest BCUT2D eigenvalue weighted by molar-refractivity contribution is 5.86. The summed E-state index contributed by atoms with van der Waals surface area (Å²) in [5, 5.41) is 8.00. The van der Waals surface area contributed by atoms with E-state index in [0.29, 0.717) is 12.3 Å². The van der Waals surface area contributed by atoms with Crippen molar-refractivity contribution in [2.24, 2.45) is 11.3 Å². The van der Waals surface area contributed by atoms with E-state index in [0.717, 1.165) is 55.1 Å². The lowest BCUT2D eigenvalue weighted by Gasteiger charge is -2.32. The fourth-order valence-corrected chi connectivity index (χ4v) is 5.18. The number of pyridine rings is 1. The van der Waals surface area contributed by atoms with Crippen molar-refractivity contribution < 1.29 is 4.79 Å². The average molecular weight is 406 g/mol. The minimum absolute atomic E-state index is 0.0229. The SMILES string of the molecule is CN(C)C[C@@]12CN(C(=O)Cc3cccnc3)C[C@@H]1CN(c1ncnc3[nH]ncc13)C2. The monoisotopic (exact) mass is 406 g/mol. The quantitative estimate of drug-likeness (QED) is 0.670. The van der Waals surface area contributed by atoms with Crippen LogP contribution in [0.25, 0.3) is 11.0 Å². The van der Waals surface area contributed by atoms with E-state index in [1.54, 1.807) is 24.9 Å². The van der Waals surface area contributed by atoms with Crippen LogP contribution in [0.3, 0.4) is 0 Å². The molecule has 0 saturated carbocycles. The van der Waals surface area contributed by atoms with Gasteiger partial charge >= 0.3 is 0 Å². The molecule has 0 aromatic carbocycles. The molecule has 3 aromatic rings. The molecule has 5 rings (SSSR count). The van der Waals surface area contributed by atoms with Crippen LogP contribution < -0.4 is 4.90 Å². The number of H-pyrrole nitrogens is 1. The molecule has 0 spiro atoms. The molecule has 30 heavy (non-hydrogen) atoms. The van der Waals surface area contributed by atoms with Crippen molar-refractivity contribution in [3.8, 4) is 0 Å². The summed E-state index contributed by atoms with van der Waals surface area (Å²) < 4.78 is 0. The summed E-state index contributed by atoms with van der Waals surface area (Å²) in [6, 6.07) is 3.84. The van der Waals surface area contributed by atoms with Crippen LogP contribution in [0, 0.1) is 11.3 Å². The molecular weight excluding hydrogens is 380 g/mol. The molecule has 0 radical (unpaired) electrons. The van der Waals surface area contributed by atoms with Crippen LogP contribution in [-0.2, 0) is 11.2 Å². The minimum Gasteiger partial charge on any atom is -0.355 e. The number of amides is 1. The van der Waals surface area contributed by atoms with E-state index in [1.165, 1.54) is 0 Å². The molecular formula is C21H26N8O. The van der Waals surface area contributed by atoms with Gasteiger partial charge in [0.1, 0.15) is 12.1 Å². The number of aromatic nitrogens is 5. The van der Waals surface area contributed by atoms with Crippen molar-refractivity contribution in [2.75, 3.05) is 51.7 Å². The van der Waals surface area contributed by atoms with Crippen molar-refractivity contribution in [3.63, 3.8) is 0 Å². The van der Waals surface area contributed by atoms with Crippen LogP contribution in [0.15, 0.2) is 37.1 Å². The molecule has 1 N–H and O–H groups in total. The lowest BCUT2D eigenvalue weighted by atomic mass is 9.80. The molecule has 2 fully saturated rings. The maximum atomic E-state index is 13.0. The Morgan fingerprint density at radius 2 is 2.17 bits per heavy atom. The maximum absolute atomic E-state index is 13.0. The summed E-state index contributed by atoms with van der Waals surface area (Å²) in [6.45, 7) is 4.23. The van der Waals surface area contributed by atoms with Crippen LogP contribution in [0.2, 0.25) is 0 Å². The Hall–Kier alpha value is -3.07. The summed E-state index contributed by atoms with van der Waals surface area (Å²) in [7, 11) is 4.21. The molecule has 9 heteroatoms. The van der Waals surface area contributed by atoms with Gasteiger partial charge in [-0.1, -0.05) is 6.07 Å². The Morgan fingerprint density at radius 1 is 1.27 bits per heavy atom. The van der Waals surface area contributed by atoms with E-state index in [-0.39, 0.29) is 11.3 Å². The van der Waals surface area contributed by atoms with E-state index >= 15 is 0 Å². The predicted octanol–water partition coefficient (Wildman–Crippen LogP) is 0.817. The van der Waals surface area contributed by atoms with Gasteiger partial charge in [0.25, 0.3) is 0 Å². The van der Waals surface area contributed by atoms with Gasteiger partial charge in [-0.2, -0.15) is 5.10 Å². The first-order valence-corrected chi connectivity index (χ1v) is 10.2. The molecule has 3 aromatic heterocycles. The third-order valence-electron chi connectivity index (χ3n) is 6.35. The first kappa shape index (κ1) is 18.9. The van der Waals surface area contributed by atoms with Crippen LogP contribution in [0.5, 0.6) is 0 Å². The first-order chi connectivity index (χ1) is 14.5. The van der Waals surface area contributed by atoms with Gasteiger partial charge in [0.05, 0.1) is 18.0 Å². The standard InChI is InChI=1S/C21H26N8O/c1-27(2)11-21-12-28(18(30)6-15-4-3-5-22-7-15)9-16(21)10-29(13-21)20-17-8-25-26-19(17)23-14-24-20/h3-5,7-8,14,16H,6,9-13H2,1-2H3,(H,23,24,25,26)/t16-,21+/m1/s1. The number of anilines is 1. The van der Waals surface area contributed by atoms with E-state index in [4.69, 9.17) is 0 Å². The third kappa shape index (κ3) is 3.28. The van der Waals surface area contributed by atoms with Crippen LogP contribution in [0.1, 0.15) is 5.56 Å². The molecule has 9 nitrogen and oxygen atoms in total. The Labute approximate surface area is 175 Å². The molecule has 0 unspecified atom stereocenters. The number of carbonyl (C=O) groups is 1. The average Bonchev–Trinajstić information content (AvgIpc) is 3.40. The van der Waals surface area contributed by atoms with Gasteiger partial charge in [-0.15, -0.1) is 0 Å². The second-order valence-electron chi connectivity index (χ2n) is 8.82. The summed E-state index contributed by atoms with van der Waals surface area (Å²) in [5.41, 5.74) is 1.74. The lowest BCUT2D eigenvalue weighted by molar-refractivity contribution is -0.130. The normalized spacial score (nSPS) is 23.5. The number of hydrogen-bond donors (Lipinski definition) is 1. The van der Waals surface area contributed by atoms with E-state index in [1.807, 2.05) is 17.0 Å². The van der Waals surface area contributed by atoms with E-state index in [2.05, 4.69) is 49.0 Å². The Kier molecular flexibility index (Phi) is 4.62. The van der Waals surface area contributed by atoms with Crippen molar-refractivity contribution in [1.82, 2.24) is 34.9 Å². The molecule has 156 valence electrons. The second-order valence-corrected chi connectivity index (χ2v) is 8.82. The van der Waals surface area contributed by atoms with Gasteiger partial charge in [0.2, 0.25) is 5.91 Å². The zero-order chi connectivity index (χ0) is 20.7. The smallest absolute Gasteiger partial charge is 0.227 e. The van der Waals surface area contributed by atoms with Gasteiger partial charge in [0, 0.05) is 56.5 Å². The Balaban J connectivity index is 1.37. The Bertz CT molecular complexity index is 1050. The molecule has 1 amide bonds. The number of carbonyl (C=O) groups excluding carboxylic acids is 1. The topological polar surface area (TPSA) is 94.1 Å². The van der Waals surface area contributed by atoms with Crippen LogP contribution in [-0.4, -0.2) is 87.7 Å². The van der Waals surface area contributed by atoms with Crippen molar-refractivity contribution >= 4 is 22.8 Å². The highest BCUT2D eigenvalue weighted by atomic mass is 16.2. The zero-order valence-electron chi connectivity index (χ0n) is 17.3. The number of rotatable bonds is 5. The third-order valence-corrected chi connectivity index (χ3v) is 6.35.